The fourth-order valence-electron chi connectivity index (χ4n) is 4.24. The van der Waals surface area contributed by atoms with Crippen molar-refractivity contribution in [2.75, 3.05) is 26.3 Å². The van der Waals surface area contributed by atoms with Crippen LogP contribution in [0.1, 0.15) is 22.6 Å². The van der Waals surface area contributed by atoms with Crippen molar-refractivity contribution in [1.82, 2.24) is 9.13 Å². The number of para-hydroxylation sites is 1. The van der Waals surface area contributed by atoms with Crippen LogP contribution in [0.4, 0.5) is 0 Å². The second-order valence-corrected chi connectivity index (χ2v) is 9.45. The number of hydrogen-bond acceptors (Lipinski definition) is 7. The normalized spacial score (nSPS) is 14.1. The lowest BCUT2D eigenvalue weighted by molar-refractivity contribution is -0.670. The molecule has 0 bridgehead atoms. The van der Waals surface area contributed by atoms with Gasteiger partial charge in [-0.15, -0.1) is 0 Å². The van der Waals surface area contributed by atoms with Gasteiger partial charge in [-0.25, -0.2) is 9.59 Å². The summed E-state index contributed by atoms with van der Waals surface area (Å²) in [6.45, 7) is 4.19. The molecule has 37 heavy (non-hydrogen) atoms. The van der Waals surface area contributed by atoms with Crippen LogP contribution >= 0.6 is 15.9 Å². The van der Waals surface area contributed by atoms with E-state index in [2.05, 4.69) is 21.2 Å². The molecule has 0 spiro atoms. The molecule has 1 saturated heterocycles. The summed E-state index contributed by atoms with van der Waals surface area (Å²) in [5.74, 6) is -2.52. The number of hydrogen-bond donors (Lipinski definition) is 2. The van der Waals surface area contributed by atoms with Crippen molar-refractivity contribution in [1.29, 1.82) is 0 Å². The second-order valence-electron chi connectivity index (χ2n) is 8.54. The fraction of sp³-hybridized carbons (Fsp3) is 0.269. The van der Waals surface area contributed by atoms with Crippen molar-refractivity contribution < 1.29 is 24.7 Å². The highest BCUT2D eigenvalue weighted by molar-refractivity contribution is 9.10. The molecule has 1 aliphatic rings. The van der Waals surface area contributed by atoms with E-state index >= 15 is 0 Å². The lowest BCUT2D eigenvalue weighted by atomic mass is 9.85. The average Bonchev–Trinajstić information content (AvgIpc) is 2.91. The molecule has 11 heteroatoms. The number of nitrogens with zero attached hydrogens (tertiary/aromatic N) is 2. The van der Waals surface area contributed by atoms with Crippen molar-refractivity contribution in [3.63, 3.8) is 0 Å². The van der Waals surface area contributed by atoms with Crippen LogP contribution in [0.5, 0.6) is 11.6 Å². The van der Waals surface area contributed by atoms with Crippen LogP contribution < -0.4 is 27.3 Å². The Morgan fingerprint density at radius 2 is 1.70 bits per heavy atom. The molecule has 5 rings (SSSR count). The Morgan fingerprint density at radius 1 is 1.00 bits per heavy atom. The van der Waals surface area contributed by atoms with Crippen LogP contribution in [0.3, 0.4) is 0 Å². The van der Waals surface area contributed by atoms with E-state index in [1.54, 1.807) is 42.5 Å². The van der Waals surface area contributed by atoms with Gasteiger partial charge in [0.2, 0.25) is 0 Å². The smallest absolute Gasteiger partial charge is 0.344 e. The van der Waals surface area contributed by atoms with E-state index in [0.717, 1.165) is 35.4 Å². The highest BCUT2D eigenvalue weighted by Crippen LogP contribution is 2.39. The Hall–Kier alpha value is -3.67. The average molecular weight is 572 g/mol. The van der Waals surface area contributed by atoms with E-state index in [9.17, 15) is 24.6 Å². The maximum Gasteiger partial charge on any atom is 0.344 e. The lowest BCUT2D eigenvalue weighted by Gasteiger charge is -2.25. The maximum absolute atomic E-state index is 13.0. The highest BCUT2D eigenvalue weighted by atomic mass is 79.9. The van der Waals surface area contributed by atoms with E-state index in [4.69, 9.17) is 9.15 Å². The molecule has 1 unspecified atom stereocenters. The van der Waals surface area contributed by atoms with Crippen LogP contribution in [-0.2, 0) is 18.8 Å². The lowest BCUT2D eigenvalue weighted by Crippen LogP contribution is -2.87. The van der Waals surface area contributed by atoms with Gasteiger partial charge in [-0.1, -0.05) is 40.2 Å². The summed E-state index contributed by atoms with van der Waals surface area (Å²) in [4.78, 5) is 38.2. The Balaban J connectivity index is 0.000000469. The van der Waals surface area contributed by atoms with Crippen molar-refractivity contribution in [2.24, 2.45) is 14.1 Å². The third-order valence-electron chi connectivity index (χ3n) is 6.16. The summed E-state index contributed by atoms with van der Waals surface area (Å²) < 4.78 is 12.6. The number of halogens is 1. The Morgan fingerprint density at radius 3 is 2.32 bits per heavy atom. The maximum atomic E-state index is 13.0. The topological polar surface area (TPSA) is 143 Å². The Labute approximate surface area is 219 Å². The van der Waals surface area contributed by atoms with E-state index in [1.165, 1.54) is 20.2 Å². The zero-order chi connectivity index (χ0) is 26.7. The van der Waals surface area contributed by atoms with E-state index in [-0.39, 0.29) is 22.1 Å². The van der Waals surface area contributed by atoms with Gasteiger partial charge in [0.25, 0.3) is 5.56 Å². The first-order chi connectivity index (χ1) is 17.7. The minimum Gasteiger partial charge on any atom is -0.860 e. The Bertz CT molecular complexity index is 1610. The first-order valence-corrected chi connectivity index (χ1v) is 12.4. The standard InChI is InChI=1S/C22H17BrN2O6.C4H9NO/c1-24-19(27)17(20(28)25(2)22(24)30)15(11-6-5-7-12(23)10-11)16-18(26)13-8-3-4-9-14(13)31-21(16)29;1-3-6-4-2-5-1/h3-10,15,26-27H,1-2H3;5H,1-4H2. The van der Waals surface area contributed by atoms with Gasteiger partial charge >= 0.3 is 11.3 Å². The second kappa shape index (κ2) is 11.2. The summed E-state index contributed by atoms with van der Waals surface area (Å²) in [5.41, 5.74) is -2.59. The van der Waals surface area contributed by atoms with Crippen LogP contribution in [0.15, 0.2) is 71.8 Å². The number of benzene rings is 2. The van der Waals surface area contributed by atoms with E-state index in [1.807, 2.05) is 0 Å². The number of aromatic hydroxyl groups is 1. The van der Waals surface area contributed by atoms with Gasteiger partial charge < -0.3 is 29.3 Å². The minimum absolute atomic E-state index is 0.164. The predicted octanol–water partition coefficient (Wildman–Crippen LogP) is 0.492. The molecule has 1 fully saturated rings. The predicted molar refractivity (Wildman–Crippen MR) is 138 cm³/mol. The van der Waals surface area contributed by atoms with Gasteiger partial charge in [-0.05, 0) is 35.7 Å². The summed E-state index contributed by atoms with van der Waals surface area (Å²) in [6, 6.07) is 13.0. The van der Waals surface area contributed by atoms with Crippen LogP contribution in [0.2, 0.25) is 0 Å². The molecule has 2 aromatic carbocycles. The molecule has 3 N–H and O–H groups in total. The first kappa shape index (κ1) is 26.4. The molecule has 4 aromatic rings. The first-order valence-electron chi connectivity index (χ1n) is 11.6. The van der Waals surface area contributed by atoms with E-state index < -0.39 is 34.4 Å². The van der Waals surface area contributed by atoms with E-state index in [0.29, 0.717) is 10.0 Å². The molecule has 194 valence electrons. The molecular weight excluding hydrogens is 546 g/mol. The largest absolute Gasteiger partial charge is 0.860 e. The fourth-order valence-corrected chi connectivity index (χ4v) is 4.66. The zero-order valence-electron chi connectivity index (χ0n) is 20.3. The molecule has 0 aliphatic carbocycles. The number of aromatic nitrogens is 2. The monoisotopic (exact) mass is 571 g/mol. The number of rotatable bonds is 3. The van der Waals surface area contributed by atoms with Gasteiger partial charge in [0.15, 0.2) is 0 Å². The quantitative estimate of drug-likeness (QED) is 0.340. The van der Waals surface area contributed by atoms with Crippen molar-refractivity contribution in [3.05, 3.63) is 101 Å². The molecular formula is C26H26BrN3O7. The van der Waals surface area contributed by atoms with Gasteiger partial charge in [0.1, 0.15) is 11.3 Å². The molecule has 0 saturated carbocycles. The number of nitrogens with two attached hydrogens (primary N) is 1. The van der Waals surface area contributed by atoms with Gasteiger partial charge in [0.05, 0.1) is 43.2 Å². The summed E-state index contributed by atoms with van der Waals surface area (Å²) in [7, 11) is 2.49. The van der Waals surface area contributed by atoms with Gasteiger partial charge in [-0.2, -0.15) is 0 Å². The molecule has 10 nitrogen and oxygen atoms in total. The summed E-state index contributed by atoms with van der Waals surface area (Å²) in [6.07, 6.45) is 0. The van der Waals surface area contributed by atoms with Crippen molar-refractivity contribution in [2.45, 2.75) is 5.92 Å². The van der Waals surface area contributed by atoms with Gasteiger partial charge in [0, 0.05) is 24.1 Å². The highest BCUT2D eigenvalue weighted by Gasteiger charge is 2.30. The third-order valence-corrected chi connectivity index (χ3v) is 6.65. The Kier molecular flexibility index (Phi) is 7.96. The number of morpholine rings is 1. The van der Waals surface area contributed by atoms with Crippen LogP contribution in [-0.4, -0.2) is 40.5 Å². The molecule has 3 heterocycles. The zero-order valence-corrected chi connectivity index (χ0v) is 21.9. The summed E-state index contributed by atoms with van der Waals surface area (Å²) >= 11 is 3.35. The van der Waals surface area contributed by atoms with Gasteiger partial charge in [-0.3, -0.25) is 9.36 Å². The molecule has 0 radical (unpaired) electrons. The number of quaternary nitrogens is 1. The van der Waals surface area contributed by atoms with Crippen molar-refractivity contribution in [3.8, 4) is 11.6 Å². The van der Waals surface area contributed by atoms with Crippen LogP contribution in [0, 0.1) is 0 Å². The number of fused-ring (bicyclic) bond motifs is 1. The molecule has 1 aliphatic heterocycles. The molecule has 1 atom stereocenters. The minimum atomic E-state index is -1.27. The van der Waals surface area contributed by atoms with Crippen LogP contribution in [0.25, 0.3) is 11.0 Å². The summed E-state index contributed by atoms with van der Waals surface area (Å²) in [5, 5.41) is 26.6. The van der Waals surface area contributed by atoms with Crippen molar-refractivity contribution >= 4 is 26.9 Å². The molecule has 0 amide bonds. The number of ether oxygens (including phenoxy) is 1. The third kappa shape index (κ3) is 5.24. The SMILES string of the molecule is C1COCC[NH2+]1.Cn1c([O-])c(C(c2cccc(Br)c2)c2c(O)c3ccccc3oc2=O)c(=O)n(C)c1=O. The molecule has 2 aromatic heterocycles.